The zero-order valence-electron chi connectivity index (χ0n) is 22.4. The van der Waals surface area contributed by atoms with E-state index in [-0.39, 0.29) is 41.1 Å². The number of aromatic nitrogens is 1. The molecule has 0 aliphatic carbocycles. The zero-order valence-corrected chi connectivity index (χ0v) is 11.4. The number of alkyl carbamates (subject to hydrolysis) is 1. The molecule has 1 fully saturated rings. The monoisotopic (exact) mass is 298 g/mol. The topological polar surface area (TPSA) is 57.4 Å². The van der Waals surface area contributed by atoms with E-state index >= 15 is 0 Å². The second-order valence-electron chi connectivity index (χ2n) is 4.74. The van der Waals surface area contributed by atoms with Gasteiger partial charge in [0.1, 0.15) is 6.61 Å². The summed E-state index contributed by atoms with van der Waals surface area (Å²) in [6.45, 7) is -5.40. The summed E-state index contributed by atoms with van der Waals surface area (Å²) in [7, 11) is 1.06. The first-order chi connectivity index (χ1) is 14.6. The molecule has 2 N–H and O–H groups in total. The predicted molar refractivity (Wildman–Crippen MR) is 82.5 cm³/mol. The maximum absolute atomic E-state index is 11.5. The molecule has 1 aromatic carbocycles. The summed E-state index contributed by atoms with van der Waals surface area (Å²) in [4.78, 5) is 12.5. The number of H-pyrrole nitrogens is 1. The number of amides is 1. The van der Waals surface area contributed by atoms with Crippen molar-refractivity contribution in [2.45, 2.75) is 18.9 Å². The quantitative estimate of drug-likeness (QED) is 0.887. The van der Waals surface area contributed by atoms with E-state index in [0.29, 0.717) is 15.2 Å². The van der Waals surface area contributed by atoms with Crippen LogP contribution in [-0.2, 0) is 17.6 Å². The molecule has 3 rings (SSSR count). The van der Waals surface area contributed by atoms with Crippen molar-refractivity contribution in [3.8, 4) is 0 Å². The minimum Gasteiger partial charge on any atom is -0.447 e. The highest BCUT2D eigenvalue weighted by Crippen LogP contribution is 2.21. The summed E-state index contributed by atoms with van der Waals surface area (Å²) in [5.74, 6) is 0. The van der Waals surface area contributed by atoms with E-state index in [4.69, 9.17) is 19.9 Å². The van der Waals surface area contributed by atoms with E-state index in [0.717, 1.165) is 7.05 Å². The Kier molecular flexibility index (Phi) is 1.65. The first-order valence-electron chi connectivity index (χ1n) is 11.8. The van der Waals surface area contributed by atoms with Gasteiger partial charge in [-0.1, -0.05) is 6.04 Å². The minimum absolute atomic E-state index is 0.0142. The fourth-order valence-corrected chi connectivity index (χ4v) is 2.08. The number of rotatable bonds is 5. The van der Waals surface area contributed by atoms with Gasteiger partial charge in [0, 0.05) is 30.4 Å². The Bertz CT molecular complexity index is 1080. The summed E-state index contributed by atoms with van der Waals surface area (Å²) in [6.07, 6.45) is -2.22. The Balaban J connectivity index is 2.18. The molecule has 112 valence electrons. The zero-order chi connectivity index (χ0) is 24.3. The highest BCUT2D eigenvalue weighted by Gasteiger charge is 2.22. The number of aromatic amines is 1. The molecule has 1 aliphatic heterocycles. The van der Waals surface area contributed by atoms with Crippen LogP contribution in [0.15, 0.2) is 24.3 Å². The number of carbonyl (C=O) groups excluding carboxylic acids is 1. The molecular formula is C16H21N3O2. The highest BCUT2D eigenvalue weighted by atomic mass is 16.6. The van der Waals surface area contributed by atoms with Gasteiger partial charge in [0.2, 0.25) is 0 Å². The highest BCUT2D eigenvalue weighted by molar-refractivity contribution is 5.84. The largest absolute Gasteiger partial charge is 0.447 e. The van der Waals surface area contributed by atoms with Crippen LogP contribution >= 0.6 is 0 Å². The SMILES string of the molecule is [2H]c1c(C[C@H]2COC(=O)N2[2H])c([2H])c2c(CC([2H])([2H])N(C)C([2H])([2H])[2H])c([2H])n([2H])c2c1[2H]. The van der Waals surface area contributed by atoms with Crippen molar-refractivity contribution in [1.29, 1.82) is 0 Å². The number of fused-ring (bicyclic) bond motifs is 1. The van der Waals surface area contributed by atoms with Gasteiger partial charge in [-0.2, -0.15) is 0 Å². The van der Waals surface area contributed by atoms with Crippen LogP contribution in [0.2, 0.25) is 2.82 Å². The van der Waals surface area contributed by atoms with Crippen molar-refractivity contribution >= 4 is 17.0 Å². The third-order valence-corrected chi connectivity index (χ3v) is 3.07. The number of hydrogen-bond donors (Lipinski definition) is 2. The van der Waals surface area contributed by atoms with Gasteiger partial charge in [0.05, 0.1) is 11.5 Å². The lowest BCUT2D eigenvalue weighted by atomic mass is 10.0. The van der Waals surface area contributed by atoms with Gasteiger partial charge < -0.3 is 19.9 Å². The first kappa shape index (κ1) is 6.01. The standard InChI is InChI=1S/C16H21N3O2/c1-19(2)6-5-12-9-17-15-4-3-11(8-14(12)15)7-13-10-21-16(20)18-13/h3-4,8-9,13,17H,5-7,10H2,1-2H3,(H,18,20)/t13-/m0/s1/i1D3,3D,4D,6D2,8D,9D/hD2. The van der Waals surface area contributed by atoms with E-state index in [1.165, 1.54) is 0 Å². The molecule has 1 atom stereocenters. The van der Waals surface area contributed by atoms with Gasteiger partial charge in [-0.05, 0) is 50.1 Å². The number of aryl methyl sites for hydroxylation is 1. The average molecular weight is 298 g/mol. The van der Waals surface area contributed by atoms with Crippen LogP contribution in [0.4, 0.5) is 4.79 Å². The van der Waals surface area contributed by atoms with Gasteiger partial charge in [-0.3, -0.25) is 0 Å². The van der Waals surface area contributed by atoms with Gasteiger partial charge in [-0.25, -0.2) is 4.79 Å². The lowest BCUT2D eigenvalue weighted by molar-refractivity contribution is 0.177. The van der Waals surface area contributed by atoms with Gasteiger partial charge in [0.25, 0.3) is 0 Å². The molecule has 0 radical (unpaired) electrons. The fourth-order valence-electron chi connectivity index (χ4n) is 2.08. The first-order valence-corrected chi connectivity index (χ1v) is 6.40. The lowest BCUT2D eigenvalue weighted by Gasteiger charge is -2.09. The van der Waals surface area contributed by atoms with E-state index in [9.17, 15) is 4.79 Å². The number of ether oxygens (including phenoxy) is 1. The molecule has 1 saturated heterocycles. The third-order valence-electron chi connectivity index (χ3n) is 3.07. The van der Waals surface area contributed by atoms with E-state index < -0.39 is 50.3 Å². The Morgan fingerprint density at radius 2 is 2.57 bits per heavy atom. The fraction of sp³-hybridized carbons (Fsp3) is 0.438. The minimum atomic E-state index is -2.78. The summed E-state index contributed by atoms with van der Waals surface area (Å²) in [5, 5.41) is 0.467. The summed E-state index contributed by atoms with van der Waals surface area (Å²) in [6, 6.07) is -2.02. The molecule has 21 heavy (non-hydrogen) atoms. The second-order valence-corrected chi connectivity index (χ2v) is 4.74. The normalized spacial score (nSPS) is 27.5. The van der Waals surface area contributed by atoms with Crippen LogP contribution in [0.3, 0.4) is 0 Å². The van der Waals surface area contributed by atoms with Crippen LogP contribution in [0.1, 0.15) is 23.5 Å². The lowest BCUT2D eigenvalue weighted by Crippen LogP contribution is -2.28. The van der Waals surface area contributed by atoms with Crippen LogP contribution in [0.5, 0.6) is 0 Å². The van der Waals surface area contributed by atoms with Crippen molar-refractivity contribution < 1.29 is 24.7 Å². The van der Waals surface area contributed by atoms with Crippen molar-refractivity contribution in [2.24, 2.45) is 0 Å². The van der Waals surface area contributed by atoms with Crippen LogP contribution < -0.4 is 5.31 Å². The molecule has 0 saturated carbocycles. The molecule has 2 heterocycles. The van der Waals surface area contributed by atoms with Crippen LogP contribution in [0.25, 0.3) is 10.9 Å². The summed E-state index contributed by atoms with van der Waals surface area (Å²) >= 11 is 0. The third kappa shape index (κ3) is 3.19. The Hall–Kier alpha value is -2.01. The second kappa shape index (κ2) is 5.77. The molecule has 1 amide bonds. The molecule has 1 aliphatic rings. The van der Waals surface area contributed by atoms with E-state index in [2.05, 4.69) is 0 Å². The molecule has 1 aromatic heterocycles. The van der Waals surface area contributed by atoms with Crippen molar-refractivity contribution in [3.05, 3.63) is 35.4 Å². The Morgan fingerprint density at radius 1 is 1.67 bits per heavy atom. The number of benzene rings is 1. The van der Waals surface area contributed by atoms with Gasteiger partial charge in [-0.15, -0.1) is 0 Å². The van der Waals surface area contributed by atoms with Gasteiger partial charge >= 0.3 is 6.09 Å². The summed E-state index contributed by atoms with van der Waals surface area (Å²) in [5.41, 5.74) is -0.394. The number of nitrogens with zero attached hydrogens (tertiary/aromatic N) is 1. The van der Waals surface area contributed by atoms with Crippen molar-refractivity contribution in [3.63, 3.8) is 0 Å². The van der Waals surface area contributed by atoms with Crippen molar-refractivity contribution in [2.75, 3.05) is 27.1 Å². The Morgan fingerprint density at radius 3 is 3.33 bits per heavy atom. The molecule has 2 aromatic rings. The molecule has 5 heteroatoms. The van der Waals surface area contributed by atoms with E-state index in [1.807, 2.05) is 0 Å². The van der Waals surface area contributed by atoms with Crippen LogP contribution in [0, 0.1) is 0 Å². The Labute approximate surface area is 139 Å². The van der Waals surface area contributed by atoms with Gasteiger partial charge in [0.15, 0.2) is 2.82 Å². The van der Waals surface area contributed by atoms with E-state index in [1.54, 1.807) is 0 Å². The summed E-state index contributed by atoms with van der Waals surface area (Å²) < 4.78 is 92.8. The number of nitrogens with one attached hydrogen (secondary N) is 2. The van der Waals surface area contributed by atoms with Crippen molar-refractivity contribution in [1.82, 2.24) is 15.2 Å². The smallest absolute Gasteiger partial charge is 0.407 e. The average Bonchev–Trinajstić information content (AvgIpc) is 3.13. The molecule has 0 unspecified atom stereocenters. The number of hydrogen-bond acceptors (Lipinski definition) is 3. The number of likely N-dealkylation sites (N-methyl/N-ethyl adjacent to an activating group) is 1. The maximum Gasteiger partial charge on any atom is 0.407 e. The molecule has 0 bridgehead atoms. The molecule has 5 nitrogen and oxygen atoms in total. The molecular weight excluding hydrogens is 266 g/mol. The van der Waals surface area contributed by atoms with Crippen LogP contribution in [-0.4, -0.2) is 49.1 Å². The number of cyclic esters (lactones) is 1. The number of carbonyl (C=O) groups is 1. The predicted octanol–water partition coefficient (Wildman–Crippen LogP) is 1.92. The maximum atomic E-state index is 11.5. The molecule has 0 spiro atoms.